The van der Waals surface area contributed by atoms with Crippen LogP contribution in [-0.4, -0.2) is 0 Å². The van der Waals surface area contributed by atoms with E-state index in [1.165, 1.54) is 5.56 Å². The molecular formula is C14H12N2. The largest absolute Gasteiger partial charge is 0.204 e. The Morgan fingerprint density at radius 1 is 0.750 bits per heavy atom. The van der Waals surface area contributed by atoms with E-state index in [1.54, 1.807) is 0 Å². The molecule has 0 aliphatic rings. The second-order valence-corrected chi connectivity index (χ2v) is 3.45. The highest BCUT2D eigenvalue weighted by atomic mass is 14.9. The van der Waals surface area contributed by atoms with Gasteiger partial charge in [-0.1, -0.05) is 54.6 Å². The Hall–Kier alpha value is -2.22. The first kappa shape index (κ1) is 10.3. The summed E-state index contributed by atoms with van der Waals surface area (Å²) in [5, 5.41) is 3.36. The SMILES string of the molecule is N=Nc1ccc(/C=C/c2ccccc2)cc1. The number of hydrogen-bond acceptors (Lipinski definition) is 2. The van der Waals surface area contributed by atoms with Crippen LogP contribution in [0.2, 0.25) is 0 Å². The molecule has 2 aromatic carbocycles. The molecule has 0 aromatic heterocycles. The van der Waals surface area contributed by atoms with E-state index in [1.807, 2.05) is 48.5 Å². The Bertz CT molecular complexity index is 484. The van der Waals surface area contributed by atoms with Crippen LogP contribution in [0.5, 0.6) is 0 Å². The predicted octanol–water partition coefficient (Wildman–Crippen LogP) is 4.52. The average Bonchev–Trinajstić information content (AvgIpc) is 2.38. The fraction of sp³-hybridized carbons (Fsp3) is 0. The monoisotopic (exact) mass is 208 g/mol. The third-order valence-electron chi connectivity index (χ3n) is 2.29. The topological polar surface area (TPSA) is 36.2 Å². The summed E-state index contributed by atoms with van der Waals surface area (Å²) < 4.78 is 0. The molecule has 0 atom stereocenters. The molecule has 2 aromatic rings. The zero-order chi connectivity index (χ0) is 11.2. The van der Waals surface area contributed by atoms with Gasteiger partial charge in [0.1, 0.15) is 0 Å². The Labute approximate surface area is 94.8 Å². The minimum Gasteiger partial charge on any atom is -0.204 e. The Balaban J connectivity index is 2.14. The average molecular weight is 208 g/mol. The molecule has 0 saturated heterocycles. The lowest BCUT2D eigenvalue weighted by Crippen LogP contribution is -1.71. The molecular weight excluding hydrogens is 196 g/mol. The highest BCUT2D eigenvalue weighted by molar-refractivity contribution is 5.70. The van der Waals surface area contributed by atoms with Gasteiger partial charge in [0.25, 0.3) is 0 Å². The van der Waals surface area contributed by atoms with Crippen molar-refractivity contribution in [1.82, 2.24) is 0 Å². The lowest BCUT2D eigenvalue weighted by atomic mass is 10.1. The summed E-state index contributed by atoms with van der Waals surface area (Å²) >= 11 is 0. The van der Waals surface area contributed by atoms with Crippen LogP contribution in [0.15, 0.2) is 59.7 Å². The van der Waals surface area contributed by atoms with Crippen LogP contribution in [0.1, 0.15) is 11.1 Å². The van der Waals surface area contributed by atoms with Crippen LogP contribution in [0.4, 0.5) is 5.69 Å². The van der Waals surface area contributed by atoms with E-state index in [0.717, 1.165) is 5.56 Å². The molecule has 0 spiro atoms. The van der Waals surface area contributed by atoms with Crippen molar-refractivity contribution < 1.29 is 0 Å². The summed E-state index contributed by atoms with van der Waals surface area (Å²) in [5.41, 5.74) is 9.82. The van der Waals surface area contributed by atoms with Crippen molar-refractivity contribution in [2.24, 2.45) is 5.11 Å². The molecule has 2 nitrogen and oxygen atoms in total. The van der Waals surface area contributed by atoms with Crippen LogP contribution in [-0.2, 0) is 0 Å². The Morgan fingerprint density at radius 3 is 1.88 bits per heavy atom. The van der Waals surface area contributed by atoms with E-state index in [-0.39, 0.29) is 0 Å². The van der Waals surface area contributed by atoms with Gasteiger partial charge in [0.2, 0.25) is 0 Å². The van der Waals surface area contributed by atoms with Crippen molar-refractivity contribution in [1.29, 1.82) is 5.53 Å². The van der Waals surface area contributed by atoms with Gasteiger partial charge >= 0.3 is 0 Å². The molecule has 0 unspecified atom stereocenters. The molecule has 0 radical (unpaired) electrons. The van der Waals surface area contributed by atoms with E-state index in [9.17, 15) is 0 Å². The van der Waals surface area contributed by atoms with Gasteiger partial charge in [-0.2, -0.15) is 5.11 Å². The molecule has 2 rings (SSSR count). The standard InChI is InChI=1S/C14H12N2/c15-16-14-10-8-13(9-11-14)7-6-12-4-2-1-3-5-12/h1-11,15H/b7-6+,16-15?. The minimum atomic E-state index is 0.678. The maximum absolute atomic E-state index is 6.86. The lowest BCUT2D eigenvalue weighted by molar-refractivity contribution is 1.15. The molecule has 0 saturated carbocycles. The van der Waals surface area contributed by atoms with Gasteiger partial charge in [0.15, 0.2) is 0 Å². The first-order chi connectivity index (χ1) is 7.88. The summed E-state index contributed by atoms with van der Waals surface area (Å²) in [6.07, 6.45) is 4.11. The van der Waals surface area contributed by atoms with Crippen molar-refractivity contribution in [3.63, 3.8) is 0 Å². The van der Waals surface area contributed by atoms with E-state index in [0.29, 0.717) is 5.69 Å². The van der Waals surface area contributed by atoms with E-state index >= 15 is 0 Å². The smallest absolute Gasteiger partial charge is 0.0850 e. The third kappa shape index (κ3) is 2.64. The van der Waals surface area contributed by atoms with Crippen LogP contribution >= 0.6 is 0 Å². The molecule has 0 heterocycles. The van der Waals surface area contributed by atoms with Gasteiger partial charge in [0, 0.05) is 0 Å². The third-order valence-corrected chi connectivity index (χ3v) is 2.29. The fourth-order valence-electron chi connectivity index (χ4n) is 1.42. The predicted molar refractivity (Wildman–Crippen MR) is 66.6 cm³/mol. The van der Waals surface area contributed by atoms with Crippen LogP contribution < -0.4 is 0 Å². The summed E-state index contributed by atoms with van der Waals surface area (Å²) in [6, 6.07) is 17.7. The van der Waals surface area contributed by atoms with Gasteiger partial charge in [-0.05, 0) is 23.3 Å². The van der Waals surface area contributed by atoms with Crippen molar-refractivity contribution in [3.05, 3.63) is 65.7 Å². The quantitative estimate of drug-likeness (QED) is 0.568. The van der Waals surface area contributed by atoms with Crippen molar-refractivity contribution >= 4 is 17.8 Å². The fourth-order valence-corrected chi connectivity index (χ4v) is 1.42. The summed E-state index contributed by atoms with van der Waals surface area (Å²) in [7, 11) is 0. The summed E-state index contributed by atoms with van der Waals surface area (Å²) in [4.78, 5) is 0. The van der Waals surface area contributed by atoms with E-state index < -0.39 is 0 Å². The number of nitrogens with one attached hydrogen (secondary N) is 1. The van der Waals surface area contributed by atoms with Crippen LogP contribution in [0.3, 0.4) is 0 Å². The molecule has 0 aliphatic carbocycles. The maximum atomic E-state index is 6.86. The molecule has 0 aliphatic heterocycles. The molecule has 0 amide bonds. The molecule has 16 heavy (non-hydrogen) atoms. The highest BCUT2D eigenvalue weighted by Crippen LogP contribution is 2.14. The zero-order valence-electron chi connectivity index (χ0n) is 8.80. The second-order valence-electron chi connectivity index (χ2n) is 3.45. The van der Waals surface area contributed by atoms with E-state index in [2.05, 4.69) is 23.3 Å². The van der Waals surface area contributed by atoms with Crippen molar-refractivity contribution in [2.75, 3.05) is 0 Å². The minimum absolute atomic E-state index is 0.678. The van der Waals surface area contributed by atoms with Gasteiger partial charge < -0.3 is 0 Å². The molecule has 78 valence electrons. The molecule has 0 fully saturated rings. The molecule has 1 N–H and O–H groups in total. The maximum Gasteiger partial charge on any atom is 0.0850 e. The number of rotatable bonds is 3. The van der Waals surface area contributed by atoms with Gasteiger partial charge in [-0.3, -0.25) is 0 Å². The molecule has 2 heteroatoms. The highest BCUT2D eigenvalue weighted by Gasteiger charge is 1.89. The van der Waals surface area contributed by atoms with Crippen LogP contribution in [0.25, 0.3) is 12.2 Å². The first-order valence-corrected chi connectivity index (χ1v) is 5.09. The van der Waals surface area contributed by atoms with Crippen LogP contribution in [0, 0.1) is 5.53 Å². The van der Waals surface area contributed by atoms with Gasteiger partial charge in [-0.25, -0.2) is 5.53 Å². The van der Waals surface area contributed by atoms with E-state index in [4.69, 9.17) is 5.53 Å². The molecule has 0 bridgehead atoms. The van der Waals surface area contributed by atoms with Gasteiger partial charge in [0.05, 0.1) is 5.69 Å². The lowest BCUT2D eigenvalue weighted by Gasteiger charge is -1.94. The number of benzene rings is 2. The summed E-state index contributed by atoms with van der Waals surface area (Å²) in [5.74, 6) is 0. The Kier molecular flexibility index (Phi) is 3.24. The Morgan fingerprint density at radius 2 is 1.31 bits per heavy atom. The normalized spacial score (nSPS) is 10.5. The zero-order valence-corrected chi connectivity index (χ0v) is 8.80. The van der Waals surface area contributed by atoms with Crippen molar-refractivity contribution in [3.8, 4) is 0 Å². The first-order valence-electron chi connectivity index (χ1n) is 5.09. The number of nitrogens with zero attached hydrogens (tertiary/aromatic N) is 1. The summed E-state index contributed by atoms with van der Waals surface area (Å²) in [6.45, 7) is 0. The van der Waals surface area contributed by atoms with Gasteiger partial charge in [-0.15, -0.1) is 0 Å². The second kappa shape index (κ2) is 5.03. The van der Waals surface area contributed by atoms with Crippen molar-refractivity contribution in [2.45, 2.75) is 0 Å². The number of hydrogen-bond donors (Lipinski definition) is 1.